The van der Waals surface area contributed by atoms with Crippen molar-refractivity contribution in [2.24, 2.45) is 0 Å². The molecule has 0 amide bonds. The van der Waals surface area contributed by atoms with Crippen molar-refractivity contribution in [3.8, 4) is 0 Å². The summed E-state index contributed by atoms with van der Waals surface area (Å²) < 4.78 is 1.91. The second kappa shape index (κ2) is 4.79. The van der Waals surface area contributed by atoms with Crippen LogP contribution in [-0.2, 0) is 4.79 Å². The fourth-order valence-corrected chi connectivity index (χ4v) is 2.96. The predicted octanol–water partition coefficient (Wildman–Crippen LogP) is 2.76. The van der Waals surface area contributed by atoms with Crippen LogP contribution in [0.2, 0.25) is 0 Å². The van der Waals surface area contributed by atoms with E-state index in [1.807, 2.05) is 41.7 Å². The van der Waals surface area contributed by atoms with E-state index in [0.717, 1.165) is 22.1 Å². The summed E-state index contributed by atoms with van der Waals surface area (Å²) in [6.07, 6.45) is 0. The summed E-state index contributed by atoms with van der Waals surface area (Å²) in [4.78, 5) is 11.0. The van der Waals surface area contributed by atoms with E-state index in [9.17, 15) is 4.79 Å². The number of thioether (sulfide) groups is 1. The van der Waals surface area contributed by atoms with Gasteiger partial charge in [-0.05, 0) is 31.5 Å². The lowest BCUT2D eigenvalue weighted by Crippen LogP contribution is -2.12. The SMILES string of the molecule is Cc1cc2nnc(SC(C)C(=O)O)n2c2ccccc12. The Morgan fingerprint density at radius 3 is 2.85 bits per heavy atom. The molecule has 3 aromatic rings. The van der Waals surface area contributed by atoms with Crippen LogP contribution in [-0.4, -0.2) is 30.9 Å². The number of aromatic nitrogens is 3. The average Bonchev–Trinajstić information content (AvgIpc) is 2.82. The Morgan fingerprint density at radius 1 is 1.35 bits per heavy atom. The van der Waals surface area contributed by atoms with E-state index in [1.54, 1.807) is 6.92 Å². The van der Waals surface area contributed by atoms with E-state index < -0.39 is 11.2 Å². The van der Waals surface area contributed by atoms with Crippen LogP contribution < -0.4 is 0 Å². The number of hydrogen-bond donors (Lipinski definition) is 1. The Balaban J connectivity index is 2.25. The average molecular weight is 287 g/mol. The number of para-hydroxylation sites is 1. The quantitative estimate of drug-likeness (QED) is 0.750. The largest absolute Gasteiger partial charge is 0.480 e. The van der Waals surface area contributed by atoms with Crippen LogP contribution in [0.25, 0.3) is 16.6 Å². The molecule has 1 aromatic carbocycles. The molecule has 5 nitrogen and oxygen atoms in total. The van der Waals surface area contributed by atoms with Crippen LogP contribution in [0, 0.1) is 6.92 Å². The molecule has 2 aromatic heterocycles. The maximum absolute atomic E-state index is 11.0. The van der Waals surface area contributed by atoms with E-state index in [2.05, 4.69) is 10.2 Å². The topological polar surface area (TPSA) is 67.5 Å². The van der Waals surface area contributed by atoms with Gasteiger partial charge in [0.1, 0.15) is 5.25 Å². The lowest BCUT2D eigenvalue weighted by Gasteiger charge is -2.08. The van der Waals surface area contributed by atoms with Gasteiger partial charge in [0, 0.05) is 5.39 Å². The highest BCUT2D eigenvalue weighted by molar-refractivity contribution is 8.00. The van der Waals surface area contributed by atoms with Crippen LogP contribution >= 0.6 is 11.8 Å². The summed E-state index contributed by atoms with van der Waals surface area (Å²) in [7, 11) is 0. The first kappa shape index (κ1) is 12.9. The van der Waals surface area contributed by atoms with Gasteiger partial charge in [-0.15, -0.1) is 10.2 Å². The number of nitrogens with zero attached hydrogens (tertiary/aromatic N) is 3. The number of carbonyl (C=O) groups is 1. The maximum Gasteiger partial charge on any atom is 0.316 e. The van der Waals surface area contributed by atoms with Crippen molar-refractivity contribution in [3.05, 3.63) is 35.9 Å². The molecule has 0 fully saturated rings. The van der Waals surface area contributed by atoms with Crippen LogP contribution in [0.3, 0.4) is 0 Å². The molecule has 20 heavy (non-hydrogen) atoms. The molecular formula is C14H13N3O2S. The zero-order valence-electron chi connectivity index (χ0n) is 11.1. The second-order valence-corrected chi connectivity index (χ2v) is 5.93. The van der Waals surface area contributed by atoms with Crippen molar-refractivity contribution < 1.29 is 9.90 Å². The molecule has 0 saturated carbocycles. The van der Waals surface area contributed by atoms with Crippen molar-refractivity contribution in [2.45, 2.75) is 24.3 Å². The number of benzene rings is 1. The molecule has 0 bridgehead atoms. The van der Waals surface area contributed by atoms with E-state index in [4.69, 9.17) is 5.11 Å². The standard InChI is InChI=1S/C14H13N3O2S/c1-8-7-12-15-16-14(20-9(2)13(18)19)17(12)11-6-4-3-5-10(8)11/h3-7,9H,1-2H3,(H,18,19). The number of rotatable bonds is 3. The Labute approximate surface area is 119 Å². The number of hydrogen-bond acceptors (Lipinski definition) is 4. The zero-order valence-corrected chi connectivity index (χ0v) is 11.9. The molecule has 2 heterocycles. The first-order chi connectivity index (χ1) is 9.58. The number of aliphatic carboxylic acids is 1. The van der Waals surface area contributed by atoms with Gasteiger partial charge in [-0.1, -0.05) is 30.0 Å². The van der Waals surface area contributed by atoms with Crippen LogP contribution in [0.15, 0.2) is 35.5 Å². The fraction of sp³-hybridized carbons (Fsp3) is 0.214. The van der Waals surface area contributed by atoms with Gasteiger partial charge in [-0.25, -0.2) is 0 Å². The van der Waals surface area contributed by atoms with Crippen molar-refractivity contribution in [1.29, 1.82) is 0 Å². The number of carboxylic acid groups (broad SMARTS) is 1. The summed E-state index contributed by atoms with van der Waals surface area (Å²) in [6.45, 7) is 3.67. The summed E-state index contributed by atoms with van der Waals surface area (Å²) >= 11 is 1.20. The van der Waals surface area contributed by atoms with Crippen molar-refractivity contribution in [2.75, 3.05) is 0 Å². The second-order valence-electron chi connectivity index (χ2n) is 4.62. The zero-order chi connectivity index (χ0) is 14.3. The third kappa shape index (κ3) is 2.02. The molecule has 102 valence electrons. The molecule has 0 aliphatic heterocycles. The summed E-state index contributed by atoms with van der Waals surface area (Å²) in [5.41, 5.74) is 2.86. The van der Waals surface area contributed by atoms with Gasteiger partial charge in [-0.3, -0.25) is 9.20 Å². The van der Waals surface area contributed by atoms with E-state index >= 15 is 0 Å². The molecule has 0 saturated heterocycles. The molecule has 0 spiro atoms. The molecule has 1 atom stereocenters. The molecule has 6 heteroatoms. The molecule has 1 unspecified atom stereocenters. The third-order valence-electron chi connectivity index (χ3n) is 3.20. The minimum atomic E-state index is -0.858. The van der Waals surface area contributed by atoms with Gasteiger partial charge in [0.05, 0.1) is 5.52 Å². The normalized spacial score (nSPS) is 12.9. The van der Waals surface area contributed by atoms with Crippen molar-refractivity contribution in [1.82, 2.24) is 14.6 Å². The Bertz CT molecular complexity index is 813. The van der Waals surface area contributed by atoms with E-state index in [-0.39, 0.29) is 0 Å². The summed E-state index contributed by atoms with van der Waals surface area (Å²) in [6, 6.07) is 9.94. The van der Waals surface area contributed by atoms with Crippen molar-refractivity contribution in [3.63, 3.8) is 0 Å². The lowest BCUT2D eigenvalue weighted by atomic mass is 10.1. The van der Waals surface area contributed by atoms with Gasteiger partial charge in [0.25, 0.3) is 0 Å². The van der Waals surface area contributed by atoms with Gasteiger partial charge < -0.3 is 5.11 Å². The van der Waals surface area contributed by atoms with Crippen molar-refractivity contribution >= 4 is 34.3 Å². The number of pyridine rings is 1. The molecule has 3 rings (SSSR count). The predicted molar refractivity (Wildman–Crippen MR) is 78.2 cm³/mol. The Morgan fingerprint density at radius 2 is 2.10 bits per heavy atom. The van der Waals surface area contributed by atoms with Crippen LogP contribution in [0.1, 0.15) is 12.5 Å². The van der Waals surface area contributed by atoms with Gasteiger partial charge in [-0.2, -0.15) is 0 Å². The summed E-state index contributed by atoms with van der Waals surface area (Å²) in [5.74, 6) is -0.858. The van der Waals surface area contributed by atoms with Gasteiger partial charge >= 0.3 is 5.97 Å². The monoisotopic (exact) mass is 287 g/mol. The number of fused-ring (bicyclic) bond motifs is 3. The molecule has 0 aliphatic rings. The van der Waals surface area contributed by atoms with Crippen LogP contribution in [0.5, 0.6) is 0 Å². The number of aryl methyl sites for hydroxylation is 1. The molecule has 1 N–H and O–H groups in total. The van der Waals surface area contributed by atoms with E-state index in [0.29, 0.717) is 5.16 Å². The highest BCUT2D eigenvalue weighted by Gasteiger charge is 2.18. The van der Waals surface area contributed by atoms with Gasteiger partial charge in [0.15, 0.2) is 10.8 Å². The Kier molecular flexibility index (Phi) is 3.10. The number of carboxylic acids is 1. The van der Waals surface area contributed by atoms with E-state index in [1.165, 1.54) is 11.8 Å². The maximum atomic E-state index is 11.0. The first-order valence-electron chi connectivity index (χ1n) is 6.21. The molecule has 0 radical (unpaired) electrons. The highest BCUT2D eigenvalue weighted by Crippen LogP contribution is 2.27. The first-order valence-corrected chi connectivity index (χ1v) is 7.09. The highest BCUT2D eigenvalue weighted by atomic mass is 32.2. The van der Waals surface area contributed by atoms with Crippen LogP contribution in [0.4, 0.5) is 0 Å². The lowest BCUT2D eigenvalue weighted by molar-refractivity contribution is -0.136. The van der Waals surface area contributed by atoms with Gasteiger partial charge in [0.2, 0.25) is 0 Å². The smallest absolute Gasteiger partial charge is 0.316 e. The minimum absolute atomic E-state index is 0.567. The third-order valence-corrected chi connectivity index (χ3v) is 4.23. The molecule has 0 aliphatic carbocycles. The summed E-state index contributed by atoms with van der Waals surface area (Å²) in [5, 5.41) is 18.4. The Hall–Kier alpha value is -2.08. The fourth-order valence-electron chi connectivity index (χ4n) is 2.16. The minimum Gasteiger partial charge on any atom is -0.480 e. The molecular weight excluding hydrogens is 274 g/mol.